The van der Waals surface area contributed by atoms with E-state index in [9.17, 15) is 9.59 Å². The summed E-state index contributed by atoms with van der Waals surface area (Å²) in [4.78, 5) is 39.4. The first-order valence-electron chi connectivity index (χ1n) is 14.3. The van der Waals surface area contributed by atoms with E-state index in [-0.39, 0.29) is 11.4 Å². The van der Waals surface area contributed by atoms with E-state index < -0.39 is 11.8 Å². The van der Waals surface area contributed by atoms with Gasteiger partial charge in [-0.1, -0.05) is 98.8 Å². The van der Waals surface area contributed by atoms with Crippen LogP contribution in [0, 0.1) is 0 Å². The van der Waals surface area contributed by atoms with E-state index in [1.54, 1.807) is 24.5 Å². The summed E-state index contributed by atoms with van der Waals surface area (Å²) in [6, 6.07) is 36.3. The molecule has 6 aromatic rings. The molecule has 2 aliphatic heterocycles. The predicted molar refractivity (Wildman–Crippen MR) is 169 cm³/mol. The van der Waals surface area contributed by atoms with Crippen molar-refractivity contribution < 1.29 is 9.59 Å². The Hall–Kier alpha value is -5.62. The third kappa shape index (κ3) is 3.66. The Balaban J connectivity index is 1.16. The van der Waals surface area contributed by atoms with Crippen LogP contribution in [0.25, 0.3) is 21.9 Å². The lowest BCUT2D eigenvalue weighted by molar-refractivity contribution is 0.0924. The van der Waals surface area contributed by atoms with Gasteiger partial charge in [0.05, 0.1) is 40.6 Å². The summed E-state index contributed by atoms with van der Waals surface area (Å²) in [5.41, 5.74) is 7.62. The average molecular weight is 559 g/mol. The maximum Gasteiger partial charge on any atom is 0.268 e. The first-order chi connectivity index (χ1) is 20.9. The van der Waals surface area contributed by atoms with E-state index in [0.717, 1.165) is 43.9 Å². The molecule has 2 amide bonds. The molecule has 2 aliphatic rings. The lowest BCUT2D eigenvalue weighted by Crippen LogP contribution is -2.32. The molecule has 6 nitrogen and oxygen atoms in total. The number of imide groups is 1. The normalized spacial score (nSPS) is 14.9. The van der Waals surface area contributed by atoms with Crippen LogP contribution in [0.2, 0.25) is 0 Å². The van der Waals surface area contributed by atoms with Crippen LogP contribution in [0.5, 0.6) is 0 Å². The fraction of sp³-hybridized carbons (Fsp3) is 0.0811. The van der Waals surface area contributed by atoms with Gasteiger partial charge in [-0.2, -0.15) is 0 Å². The molecule has 0 bridgehead atoms. The Morgan fingerprint density at radius 2 is 1.19 bits per heavy atom. The Labute approximate surface area is 248 Å². The van der Waals surface area contributed by atoms with E-state index in [1.807, 2.05) is 42.5 Å². The zero-order valence-corrected chi connectivity index (χ0v) is 23.7. The summed E-state index contributed by atoms with van der Waals surface area (Å²) in [7, 11) is 0. The van der Waals surface area contributed by atoms with Gasteiger partial charge in [0.25, 0.3) is 11.8 Å². The van der Waals surface area contributed by atoms with Gasteiger partial charge >= 0.3 is 0 Å². The number of rotatable bonds is 3. The van der Waals surface area contributed by atoms with Gasteiger partial charge in [-0.25, -0.2) is 14.9 Å². The van der Waals surface area contributed by atoms with Crippen molar-refractivity contribution in [1.29, 1.82) is 0 Å². The van der Waals surface area contributed by atoms with E-state index >= 15 is 0 Å². The zero-order chi connectivity index (χ0) is 29.3. The van der Waals surface area contributed by atoms with E-state index in [0.29, 0.717) is 11.1 Å². The molecule has 0 atom stereocenters. The van der Waals surface area contributed by atoms with Crippen molar-refractivity contribution in [3.05, 3.63) is 144 Å². The summed E-state index contributed by atoms with van der Waals surface area (Å²) in [5.74, 6) is -0.793. The standard InChI is InChI=1S/C37H26N4O2/c1-37(2)30-14-5-7-16-32(30)40(33-17-8-6-15-31(33)37)25-21-38-36(39-22-25)41-34(42)28-19-18-24(20-29(28)35(41)43)27-13-9-11-23-10-3-4-12-26(23)27/h3-22H,1-2H3. The molecule has 206 valence electrons. The van der Waals surface area contributed by atoms with Crippen LogP contribution in [0.3, 0.4) is 0 Å². The van der Waals surface area contributed by atoms with Crippen molar-refractivity contribution in [3.63, 3.8) is 0 Å². The van der Waals surface area contributed by atoms with E-state index in [4.69, 9.17) is 0 Å². The van der Waals surface area contributed by atoms with E-state index in [1.165, 1.54) is 11.1 Å². The van der Waals surface area contributed by atoms with Crippen molar-refractivity contribution in [2.45, 2.75) is 19.3 Å². The maximum atomic E-state index is 13.7. The van der Waals surface area contributed by atoms with Gasteiger partial charge in [0, 0.05) is 5.41 Å². The number of benzene rings is 5. The Morgan fingerprint density at radius 1 is 0.581 bits per heavy atom. The van der Waals surface area contributed by atoms with E-state index in [2.05, 4.69) is 83.3 Å². The summed E-state index contributed by atoms with van der Waals surface area (Å²) >= 11 is 0. The fourth-order valence-electron chi connectivity index (χ4n) is 6.56. The topological polar surface area (TPSA) is 66.4 Å². The number of fused-ring (bicyclic) bond motifs is 4. The molecule has 5 aromatic carbocycles. The number of nitrogens with zero attached hydrogens (tertiary/aromatic N) is 4. The first-order valence-corrected chi connectivity index (χ1v) is 14.3. The van der Waals surface area contributed by atoms with Crippen molar-refractivity contribution in [2.24, 2.45) is 0 Å². The maximum absolute atomic E-state index is 13.7. The van der Waals surface area contributed by atoms with Crippen LogP contribution < -0.4 is 9.80 Å². The van der Waals surface area contributed by atoms with Gasteiger partial charge in [-0.05, 0) is 57.3 Å². The fourth-order valence-corrected chi connectivity index (χ4v) is 6.56. The van der Waals surface area contributed by atoms with Gasteiger partial charge in [0.15, 0.2) is 0 Å². The number of hydrogen-bond acceptors (Lipinski definition) is 5. The van der Waals surface area contributed by atoms with Gasteiger partial charge in [0.2, 0.25) is 5.95 Å². The van der Waals surface area contributed by atoms with Gasteiger partial charge in [0.1, 0.15) is 0 Å². The average Bonchev–Trinajstić information content (AvgIpc) is 3.30. The summed E-state index contributed by atoms with van der Waals surface area (Å²) in [5, 5.41) is 2.20. The molecule has 3 heterocycles. The minimum atomic E-state index is -0.426. The second-order valence-corrected chi connectivity index (χ2v) is 11.5. The van der Waals surface area contributed by atoms with Crippen molar-refractivity contribution in [1.82, 2.24) is 9.97 Å². The number of para-hydroxylation sites is 2. The molecule has 0 radical (unpaired) electrons. The van der Waals surface area contributed by atoms with Crippen LogP contribution in [-0.4, -0.2) is 21.8 Å². The predicted octanol–water partition coefficient (Wildman–Crippen LogP) is 8.21. The summed E-state index contributed by atoms with van der Waals surface area (Å²) in [6.45, 7) is 4.46. The largest absolute Gasteiger partial charge is 0.307 e. The Morgan fingerprint density at radius 3 is 1.91 bits per heavy atom. The highest BCUT2D eigenvalue weighted by Crippen LogP contribution is 2.51. The highest BCUT2D eigenvalue weighted by Gasteiger charge is 2.40. The third-order valence-electron chi connectivity index (χ3n) is 8.71. The zero-order valence-electron chi connectivity index (χ0n) is 23.7. The molecular formula is C37H26N4O2. The van der Waals surface area contributed by atoms with Gasteiger partial charge in [-0.15, -0.1) is 0 Å². The second-order valence-electron chi connectivity index (χ2n) is 11.5. The molecular weight excluding hydrogens is 532 g/mol. The Kier molecular flexibility index (Phi) is 5.37. The van der Waals surface area contributed by atoms with Crippen LogP contribution >= 0.6 is 0 Å². The van der Waals surface area contributed by atoms with Crippen LogP contribution in [0.1, 0.15) is 45.7 Å². The highest BCUT2D eigenvalue weighted by atomic mass is 16.2. The van der Waals surface area contributed by atoms with Gasteiger partial charge in [-0.3, -0.25) is 9.59 Å². The number of carbonyl (C=O) groups is 2. The molecule has 0 saturated carbocycles. The SMILES string of the molecule is CC1(C)c2ccccc2N(c2cnc(N3C(=O)c4ccc(-c5cccc6ccccc56)cc4C3=O)nc2)c2ccccc21. The minimum absolute atomic E-state index is 0.0561. The molecule has 0 spiro atoms. The van der Waals surface area contributed by atoms with Crippen LogP contribution in [0.4, 0.5) is 23.0 Å². The van der Waals surface area contributed by atoms with Crippen molar-refractivity contribution in [3.8, 4) is 11.1 Å². The molecule has 0 unspecified atom stereocenters. The number of amides is 2. The molecule has 43 heavy (non-hydrogen) atoms. The lowest BCUT2D eigenvalue weighted by Gasteiger charge is -2.41. The number of carbonyl (C=O) groups excluding carboxylic acids is 2. The smallest absolute Gasteiger partial charge is 0.268 e. The van der Waals surface area contributed by atoms with Crippen LogP contribution in [0.15, 0.2) is 122 Å². The third-order valence-corrected chi connectivity index (χ3v) is 8.71. The lowest BCUT2D eigenvalue weighted by atomic mass is 9.73. The van der Waals surface area contributed by atoms with Gasteiger partial charge < -0.3 is 4.90 Å². The monoisotopic (exact) mass is 558 g/mol. The van der Waals surface area contributed by atoms with Crippen molar-refractivity contribution >= 4 is 45.6 Å². The molecule has 0 aliphatic carbocycles. The molecule has 6 heteroatoms. The molecule has 0 saturated heterocycles. The molecule has 0 fully saturated rings. The quantitative estimate of drug-likeness (QED) is 0.205. The first kappa shape index (κ1) is 25.1. The highest BCUT2D eigenvalue weighted by molar-refractivity contribution is 6.34. The summed E-state index contributed by atoms with van der Waals surface area (Å²) in [6.07, 6.45) is 3.36. The summed E-state index contributed by atoms with van der Waals surface area (Å²) < 4.78 is 0. The molecule has 0 N–H and O–H groups in total. The number of hydrogen-bond donors (Lipinski definition) is 0. The molecule has 8 rings (SSSR count). The minimum Gasteiger partial charge on any atom is -0.307 e. The molecule has 1 aromatic heterocycles. The number of anilines is 4. The Bertz CT molecular complexity index is 2060. The van der Waals surface area contributed by atoms with Crippen LogP contribution in [-0.2, 0) is 5.41 Å². The van der Waals surface area contributed by atoms with Crippen molar-refractivity contribution in [2.75, 3.05) is 9.80 Å². The number of aromatic nitrogens is 2. The second kappa shape index (κ2) is 9.19.